The lowest BCUT2D eigenvalue weighted by atomic mass is 10.2. The zero-order valence-corrected chi connectivity index (χ0v) is 8.71. The number of hydrogen-bond acceptors (Lipinski definition) is 4. The Morgan fingerprint density at radius 2 is 1.81 bits per heavy atom. The number of nitrogens with zero attached hydrogens (tertiary/aromatic N) is 3. The fourth-order valence-corrected chi connectivity index (χ4v) is 1.63. The molecule has 16 heavy (non-hydrogen) atoms. The molecule has 0 aliphatic carbocycles. The fraction of sp³-hybridized carbons (Fsp3) is 0.0833. The van der Waals surface area contributed by atoms with Crippen LogP contribution in [0.1, 0.15) is 5.69 Å². The third-order valence-corrected chi connectivity index (χ3v) is 2.38. The zero-order chi connectivity index (χ0) is 11.0. The highest BCUT2D eigenvalue weighted by molar-refractivity contribution is 5.76. The summed E-state index contributed by atoms with van der Waals surface area (Å²) < 4.78 is 5.24. The molecule has 3 rings (SSSR count). The monoisotopic (exact) mass is 211 g/mol. The average Bonchev–Trinajstić information content (AvgIpc) is 2.81. The van der Waals surface area contributed by atoms with Crippen LogP contribution in [0.2, 0.25) is 0 Å². The summed E-state index contributed by atoms with van der Waals surface area (Å²) in [7, 11) is 0. The summed E-state index contributed by atoms with van der Waals surface area (Å²) in [5.74, 6) is 0.510. The number of para-hydroxylation sites is 2. The lowest BCUT2D eigenvalue weighted by Crippen LogP contribution is -1.94. The van der Waals surface area contributed by atoms with E-state index in [0.29, 0.717) is 11.6 Å². The van der Waals surface area contributed by atoms with Gasteiger partial charge in [0.05, 0.1) is 22.9 Å². The van der Waals surface area contributed by atoms with Crippen molar-refractivity contribution in [2.75, 3.05) is 0 Å². The maximum absolute atomic E-state index is 5.24. The van der Waals surface area contributed by atoms with Gasteiger partial charge in [0, 0.05) is 0 Å². The van der Waals surface area contributed by atoms with Gasteiger partial charge in [0.1, 0.15) is 12.0 Å². The number of oxazole rings is 1. The Hall–Kier alpha value is -2.23. The largest absolute Gasteiger partial charge is 0.443 e. The Kier molecular flexibility index (Phi) is 1.93. The van der Waals surface area contributed by atoms with Crippen molar-refractivity contribution in [2.45, 2.75) is 6.92 Å². The summed E-state index contributed by atoms with van der Waals surface area (Å²) in [4.78, 5) is 13.1. The second-order valence-electron chi connectivity index (χ2n) is 3.48. The van der Waals surface area contributed by atoms with Gasteiger partial charge < -0.3 is 4.42 Å². The highest BCUT2D eigenvalue weighted by atomic mass is 16.3. The molecule has 0 amide bonds. The molecule has 0 spiro atoms. The van der Waals surface area contributed by atoms with Gasteiger partial charge in [-0.3, -0.25) is 0 Å². The molecule has 78 valence electrons. The summed E-state index contributed by atoms with van der Waals surface area (Å²) in [6, 6.07) is 7.75. The maximum atomic E-state index is 5.24. The highest BCUT2D eigenvalue weighted by Gasteiger charge is 2.10. The Labute approximate surface area is 92.0 Å². The van der Waals surface area contributed by atoms with Crippen molar-refractivity contribution in [3.8, 4) is 11.6 Å². The topological polar surface area (TPSA) is 51.8 Å². The van der Waals surface area contributed by atoms with Gasteiger partial charge in [-0.2, -0.15) is 0 Å². The van der Waals surface area contributed by atoms with Crippen LogP contribution < -0.4 is 0 Å². The van der Waals surface area contributed by atoms with Gasteiger partial charge in [-0.05, 0) is 19.1 Å². The molecule has 0 aliphatic rings. The predicted octanol–water partition coefficient (Wildman–Crippen LogP) is 2.59. The molecule has 0 saturated carbocycles. The molecule has 0 N–H and O–H groups in total. The van der Waals surface area contributed by atoms with Crippen LogP contribution in [0.4, 0.5) is 0 Å². The maximum Gasteiger partial charge on any atom is 0.246 e. The first kappa shape index (κ1) is 9.03. The number of benzene rings is 1. The SMILES string of the molecule is Cc1nc2ccccc2nc1-c1ncco1. The Bertz CT molecular complexity index is 632. The van der Waals surface area contributed by atoms with Gasteiger partial charge in [0.2, 0.25) is 5.89 Å². The van der Waals surface area contributed by atoms with Crippen molar-refractivity contribution in [1.82, 2.24) is 15.0 Å². The van der Waals surface area contributed by atoms with Gasteiger partial charge in [-0.1, -0.05) is 12.1 Å². The Balaban J connectivity index is 2.30. The molecule has 0 radical (unpaired) electrons. The minimum absolute atomic E-state index is 0.510. The second kappa shape index (κ2) is 3.41. The van der Waals surface area contributed by atoms with E-state index in [4.69, 9.17) is 4.42 Å². The molecule has 4 nitrogen and oxygen atoms in total. The summed E-state index contributed by atoms with van der Waals surface area (Å²) in [6.45, 7) is 1.90. The third kappa shape index (κ3) is 1.35. The van der Waals surface area contributed by atoms with E-state index in [2.05, 4.69) is 15.0 Å². The summed E-state index contributed by atoms with van der Waals surface area (Å²) in [6.07, 6.45) is 3.14. The van der Waals surface area contributed by atoms with Crippen molar-refractivity contribution in [3.63, 3.8) is 0 Å². The summed E-state index contributed by atoms with van der Waals surface area (Å²) in [5.41, 5.74) is 3.25. The van der Waals surface area contributed by atoms with E-state index < -0.39 is 0 Å². The molecular formula is C12H9N3O. The van der Waals surface area contributed by atoms with E-state index in [0.717, 1.165) is 16.7 Å². The quantitative estimate of drug-likeness (QED) is 0.620. The van der Waals surface area contributed by atoms with Crippen LogP contribution in [0.25, 0.3) is 22.6 Å². The number of rotatable bonds is 1. The first-order valence-electron chi connectivity index (χ1n) is 4.98. The minimum atomic E-state index is 0.510. The van der Waals surface area contributed by atoms with E-state index in [1.54, 1.807) is 6.20 Å². The smallest absolute Gasteiger partial charge is 0.246 e. The van der Waals surface area contributed by atoms with Crippen LogP contribution in [0.3, 0.4) is 0 Å². The molecule has 2 heterocycles. The van der Waals surface area contributed by atoms with Crippen LogP contribution in [0, 0.1) is 6.92 Å². The molecule has 0 atom stereocenters. The van der Waals surface area contributed by atoms with Gasteiger partial charge in [-0.25, -0.2) is 15.0 Å². The Morgan fingerprint density at radius 1 is 1.06 bits per heavy atom. The van der Waals surface area contributed by atoms with Crippen LogP contribution in [0.5, 0.6) is 0 Å². The standard InChI is InChI=1S/C12H9N3O/c1-8-11(12-13-6-7-16-12)15-10-5-3-2-4-9(10)14-8/h2-7H,1H3. The van der Waals surface area contributed by atoms with Crippen LogP contribution in [0.15, 0.2) is 41.1 Å². The van der Waals surface area contributed by atoms with E-state index in [9.17, 15) is 0 Å². The number of fused-ring (bicyclic) bond motifs is 1. The molecule has 0 aliphatic heterocycles. The number of hydrogen-bond donors (Lipinski definition) is 0. The molecule has 3 aromatic rings. The van der Waals surface area contributed by atoms with Crippen molar-refractivity contribution in [1.29, 1.82) is 0 Å². The second-order valence-corrected chi connectivity index (χ2v) is 3.48. The third-order valence-electron chi connectivity index (χ3n) is 2.38. The summed E-state index contributed by atoms with van der Waals surface area (Å²) >= 11 is 0. The van der Waals surface area contributed by atoms with Gasteiger partial charge in [0.25, 0.3) is 0 Å². The van der Waals surface area contributed by atoms with Crippen LogP contribution in [-0.4, -0.2) is 15.0 Å². The van der Waals surface area contributed by atoms with Crippen LogP contribution >= 0.6 is 0 Å². The molecule has 4 heteroatoms. The highest BCUT2D eigenvalue weighted by Crippen LogP contribution is 2.20. The van der Waals surface area contributed by atoms with Crippen molar-refractivity contribution in [3.05, 3.63) is 42.4 Å². The van der Waals surface area contributed by atoms with E-state index in [1.165, 1.54) is 6.26 Å². The minimum Gasteiger partial charge on any atom is -0.443 e. The molecule has 0 fully saturated rings. The Morgan fingerprint density at radius 3 is 2.50 bits per heavy atom. The fourth-order valence-electron chi connectivity index (χ4n) is 1.63. The lowest BCUT2D eigenvalue weighted by Gasteiger charge is -2.02. The van der Waals surface area contributed by atoms with Crippen molar-refractivity contribution < 1.29 is 4.42 Å². The first-order chi connectivity index (χ1) is 7.84. The lowest BCUT2D eigenvalue weighted by molar-refractivity contribution is 0.571. The predicted molar refractivity (Wildman–Crippen MR) is 59.8 cm³/mol. The molecule has 2 aromatic heterocycles. The first-order valence-corrected chi connectivity index (χ1v) is 4.98. The van der Waals surface area contributed by atoms with Gasteiger partial charge >= 0.3 is 0 Å². The molecule has 1 aromatic carbocycles. The molecular weight excluding hydrogens is 202 g/mol. The van der Waals surface area contributed by atoms with Crippen LogP contribution in [-0.2, 0) is 0 Å². The number of aryl methyl sites for hydroxylation is 1. The van der Waals surface area contributed by atoms with Gasteiger partial charge in [-0.15, -0.1) is 0 Å². The normalized spacial score (nSPS) is 10.8. The molecule has 0 unspecified atom stereocenters. The molecule has 0 saturated heterocycles. The average molecular weight is 211 g/mol. The van der Waals surface area contributed by atoms with E-state index in [-0.39, 0.29) is 0 Å². The van der Waals surface area contributed by atoms with E-state index >= 15 is 0 Å². The van der Waals surface area contributed by atoms with Crippen molar-refractivity contribution in [2.24, 2.45) is 0 Å². The van der Waals surface area contributed by atoms with Gasteiger partial charge in [0.15, 0.2) is 0 Å². The zero-order valence-electron chi connectivity index (χ0n) is 8.71. The summed E-state index contributed by atoms with van der Waals surface area (Å²) in [5, 5.41) is 0. The van der Waals surface area contributed by atoms with E-state index in [1.807, 2.05) is 31.2 Å². The molecule has 0 bridgehead atoms. The number of aromatic nitrogens is 3. The van der Waals surface area contributed by atoms with Crippen molar-refractivity contribution >= 4 is 11.0 Å².